The van der Waals surface area contributed by atoms with Crippen molar-refractivity contribution in [2.75, 3.05) is 83.2 Å². The van der Waals surface area contributed by atoms with Crippen LogP contribution in [0, 0.1) is 35.5 Å². The van der Waals surface area contributed by atoms with Gasteiger partial charge in [-0.2, -0.15) is 0 Å². The maximum atomic E-state index is 15.3. The third-order valence-electron chi connectivity index (χ3n) is 17.6. The number of nitrogens with one attached hydrogen (secondary N) is 4. The Morgan fingerprint density at radius 1 is 0.521 bits per heavy atom. The van der Waals surface area contributed by atoms with Crippen LogP contribution in [0.2, 0.25) is 0 Å². The molecule has 1 fully saturated rings. The summed E-state index contributed by atoms with van der Waals surface area (Å²) >= 11 is 0. The minimum atomic E-state index is -1.68. The van der Waals surface area contributed by atoms with Gasteiger partial charge in [0.05, 0.1) is 18.3 Å². The first kappa shape index (κ1) is 85.8. The van der Waals surface area contributed by atoms with Crippen LogP contribution >= 0.6 is 0 Å². The normalized spacial score (nSPS) is 26.5. The van der Waals surface area contributed by atoms with Crippen molar-refractivity contribution in [3.8, 4) is 0 Å². The number of aliphatic hydroxyl groups is 2. The van der Waals surface area contributed by atoms with Crippen molar-refractivity contribution in [2.24, 2.45) is 35.5 Å². The Hall–Kier alpha value is -6.25. The summed E-state index contributed by atoms with van der Waals surface area (Å²) in [6, 6.07) is -14.7. The van der Waals surface area contributed by atoms with Gasteiger partial charge in [0.15, 0.2) is 0 Å². The molecule has 13 atom stereocenters. The summed E-state index contributed by atoms with van der Waals surface area (Å²) in [5.74, 6) is -10.6. The van der Waals surface area contributed by atoms with Gasteiger partial charge in [0.1, 0.15) is 66.5 Å². The molecule has 1 aliphatic rings. The molecule has 1 rings (SSSR count). The Kier molecular flexibility index (Phi) is 35.7. The second kappa shape index (κ2) is 39.1. The molecule has 0 aliphatic carbocycles. The number of amides is 11. The van der Waals surface area contributed by atoms with Crippen molar-refractivity contribution in [3.63, 3.8) is 0 Å². The predicted molar refractivity (Wildman–Crippen MR) is 363 cm³/mol. The van der Waals surface area contributed by atoms with Crippen LogP contribution in [0.25, 0.3) is 0 Å². The van der Waals surface area contributed by atoms with Crippen molar-refractivity contribution in [1.29, 1.82) is 0 Å². The van der Waals surface area contributed by atoms with E-state index in [0.717, 1.165) is 14.7 Å². The second-order valence-electron chi connectivity index (χ2n) is 28.9. The molecule has 0 bridgehead atoms. The molecule has 11 amide bonds. The average Bonchev–Trinajstić information content (AvgIpc) is 0.810. The number of allylic oxidation sites excluding steroid dienone is 2. The van der Waals surface area contributed by atoms with Crippen LogP contribution in [0.5, 0.6) is 0 Å². The van der Waals surface area contributed by atoms with E-state index in [9.17, 15) is 34.2 Å². The van der Waals surface area contributed by atoms with E-state index in [2.05, 4.69) is 21.3 Å². The van der Waals surface area contributed by atoms with E-state index in [0.29, 0.717) is 13.0 Å². The topological polar surface area (TPSA) is 312 Å². The lowest BCUT2D eigenvalue weighted by atomic mass is 9.91. The first-order valence-electron chi connectivity index (χ1n) is 33.6. The van der Waals surface area contributed by atoms with E-state index in [1.54, 1.807) is 60.6 Å². The molecule has 540 valence electrons. The van der Waals surface area contributed by atoms with Gasteiger partial charge < -0.3 is 75.4 Å². The molecule has 26 heteroatoms. The fourth-order valence-electron chi connectivity index (χ4n) is 11.7. The maximum absolute atomic E-state index is 15.3. The lowest BCUT2D eigenvalue weighted by Gasteiger charge is -2.41. The Morgan fingerprint density at radius 3 is 1.43 bits per heavy atom. The van der Waals surface area contributed by atoms with Crippen LogP contribution in [0.3, 0.4) is 0 Å². The minimum absolute atomic E-state index is 0.0587. The number of likely N-dealkylation sites (N-methyl/N-ethyl adjacent to an activating group) is 7. The third kappa shape index (κ3) is 25.1. The summed E-state index contributed by atoms with van der Waals surface area (Å²) in [5.41, 5.74) is -1.61. The third-order valence-corrected chi connectivity index (χ3v) is 17.6. The molecule has 1 aliphatic heterocycles. The lowest BCUT2D eigenvalue weighted by molar-refractivity contribution is -0.157. The number of hydrogen-bond acceptors (Lipinski definition) is 15. The van der Waals surface area contributed by atoms with Gasteiger partial charge in [-0.1, -0.05) is 95.2 Å². The van der Waals surface area contributed by atoms with Crippen molar-refractivity contribution in [3.05, 3.63) is 12.2 Å². The second-order valence-corrected chi connectivity index (χ2v) is 28.9. The Bertz CT molecular complexity index is 2560. The van der Waals surface area contributed by atoms with Gasteiger partial charge in [0, 0.05) is 62.4 Å². The van der Waals surface area contributed by atoms with Crippen LogP contribution in [0.1, 0.15) is 163 Å². The minimum Gasteiger partial charge on any atom is -0.390 e. The van der Waals surface area contributed by atoms with Crippen LogP contribution in [0.4, 0.5) is 0 Å². The molecular weight excluding hydrogens is 1210 g/mol. The van der Waals surface area contributed by atoms with E-state index in [-0.39, 0.29) is 62.9 Å². The Labute approximate surface area is 562 Å². The molecule has 0 saturated carbocycles. The van der Waals surface area contributed by atoms with Gasteiger partial charge >= 0.3 is 0 Å². The zero-order chi connectivity index (χ0) is 72.9. The highest BCUT2D eigenvalue weighted by Crippen LogP contribution is 2.26. The van der Waals surface area contributed by atoms with Crippen LogP contribution in [-0.4, -0.2) is 276 Å². The maximum Gasteiger partial charge on any atom is 0.248 e. The molecule has 1 heterocycles. The van der Waals surface area contributed by atoms with Crippen molar-refractivity contribution in [2.45, 2.75) is 241 Å². The summed E-state index contributed by atoms with van der Waals surface area (Å²) in [4.78, 5) is 174. The standard InChI is InChI=1S/C68H124N12O14/c1-27-29-31-44(13)56(81)55-60(85)71-47(28-2)62(87)78(24)52(38-94-33-30-32-73(18)19)65(90)77(23)51(37-68(16,17)93)59(84)72-53(42(9)10)66(91)74(20)48(34-39(3)4)58(83)69-45(14)57(82)70-46(15)61(86)75(21)49(35-40(5)6)63(88)76(22)50(36-41(7)8)64(89)79(25)54(43(11)12)67(92)80(55)26/h27,29,39-56,81,93H,28,30-38H2,1-26H3,(H,69,83)(H,70,82)(H,71,85)(H,72,84)/b29-27+/t44-,45+,46-,47+,48+,49+,50+,51+,52-,53+,54+,55+,56-/m1/s1. The Morgan fingerprint density at radius 2 is 0.957 bits per heavy atom. The summed E-state index contributed by atoms with van der Waals surface area (Å²) in [5, 5.41) is 34.6. The van der Waals surface area contributed by atoms with E-state index in [1.807, 2.05) is 60.5 Å². The van der Waals surface area contributed by atoms with Crippen LogP contribution in [-0.2, 0) is 57.5 Å². The number of carbonyl (C=O) groups is 11. The molecule has 0 unspecified atom stereocenters. The first-order valence-corrected chi connectivity index (χ1v) is 33.6. The molecular formula is C68H124N12O14. The Balaban J connectivity index is 4.57. The lowest BCUT2D eigenvalue weighted by Crippen LogP contribution is -2.64. The number of nitrogens with zero attached hydrogens (tertiary/aromatic N) is 8. The van der Waals surface area contributed by atoms with E-state index in [4.69, 9.17) is 4.74 Å². The summed E-state index contributed by atoms with van der Waals surface area (Å²) in [7, 11) is 13.5. The SMILES string of the molecule is C/C=C/C[C@@H](C)[C@@H](O)[C@H]1C(=O)N[C@@H](CC)C(=O)N(C)[C@H](COCCCN(C)C)C(=O)N(C)[C@@H](CC(C)(C)O)C(=O)N[C@@H](C(C)C)C(=O)N(C)[C@@H](CC(C)C)C(=O)N[C@@H](C)C(=O)N[C@H](C)C(=O)N(C)[C@@H](CC(C)C)C(=O)N(C)[C@@H](CC(C)C)C(=O)N(C)[C@@H](C(C)C)C(=O)N1C. The summed E-state index contributed by atoms with van der Waals surface area (Å²) in [6.07, 6.45) is 2.76. The molecule has 94 heavy (non-hydrogen) atoms. The number of ether oxygens (including phenoxy) is 1. The largest absolute Gasteiger partial charge is 0.390 e. The van der Waals surface area contributed by atoms with Gasteiger partial charge in [-0.05, 0) is 129 Å². The number of rotatable bonds is 21. The van der Waals surface area contributed by atoms with Gasteiger partial charge in [-0.25, -0.2) is 0 Å². The zero-order valence-corrected chi connectivity index (χ0v) is 62.0. The molecule has 26 nitrogen and oxygen atoms in total. The van der Waals surface area contributed by atoms with Crippen molar-refractivity contribution < 1.29 is 67.7 Å². The zero-order valence-electron chi connectivity index (χ0n) is 62.0. The van der Waals surface area contributed by atoms with E-state index in [1.165, 1.54) is 96.6 Å². The van der Waals surface area contributed by atoms with Gasteiger partial charge in [0.25, 0.3) is 0 Å². The predicted octanol–water partition coefficient (Wildman–Crippen LogP) is 2.72. The highest BCUT2D eigenvalue weighted by atomic mass is 16.5. The number of hydrogen-bond donors (Lipinski definition) is 6. The van der Waals surface area contributed by atoms with E-state index < -0.39 is 168 Å². The highest BCUT2D eigenvalue weighted by molar-refractivity contribution is 6.00. The summed E-state index contributed by atoms with van der Waals surface area (Å²) < 4.78 is 6.10. The molecule has 1 saturated heterocycles. The molecule has 0 aromatic heterocycles. The van der Waals surface area contributed by atoms with Crippen molar-refractivity contribution in [1.82, 2.24) is 60.5 Å². The van der Waals surface area contributed by atoms with Gasteiger partial charge in [0.2, 0.25) is 65.0 Å². The van der Waals surface area contributed by atoms with Crippen LogP contribution in [0.15, 0.2) is 12.2 Å². The van der Waals surface area contributed by atoms with E-state index >= 15 is 28.8 Å². The molecule has 0 spiro atoms. The van der Waals surface area contributed by atoms with Crippen molar-refractivity contribution >= 4 is 65.0 Å². The first-order chi connectivity index (χ1) is 43.3. The molecule has 0 aromatic carbocycles. The number of aliphatic hydroxyl groups excluding tert-OH is 1. The van der Waals surface area contributed by atoms with Crippen LogP contribution < -0.4 is 21.3 Å². The molecule has 0 aromatic rings. The quantitative estimate of drug-likeness (QED) is 0.0711. The number of carbonyl (C=O) groups excluding carboxylic acids is 11. The average molecular weight is 1330 g/mol. The van der Waals surface area contributed by atoms with Gasteiger partial charge in [-0.3, -0.25) is 52.7 Å². The highest BCUT2D eigenvalue weighted by Gasteiger charge is 2.47. The smallest absolute Gasteiger partial charge is 0.248 e. The monoisotopic (exact) mass is 1330 g/mol. The molecule has 0 radical (unpaired) electrons. The van der Waals surface area contributed by atoms with Gasteiger partial charge in [-0.15, -0.1) is 0 Å². The summed E-state index contributed by atoms with van der Waals surface area (Å²) in [6.45, 7) is 29.2. The molecule has 6 N–H and O–H groups in total. The fourth-order valence-corrected chi connectivity index (χ4v) is 11.7. The fraction of sp³-hybridized carbons (Fsp3) is 0.809.